The lowest BCUT2D eigenvalue weighted by Crippen LogP contribution is -2.50. The summed E-state index contributed by atoms with van der Waals surface area (Å²) in [7, 11) is -4.68. The average molecular weight is 545 g/mol. The van der Waals surface area contributed by atoms with Crippen LogP contribution in [-0.4, -0.2) is 133 Å². The Labute approximate surface area is 211 Å². The van der Waals surface area contributed by atoms with Gasteiger partial charge in [0, 0.05) is 26.2 Å². The standard InChI is InChI=1S/C21H40N2O12S/c1-2-16(24)13-34-8-3-4-9-35-14-17(25)10-22-7-5-6-19(26)18(15-36(31,32)33)23(11-20(27)28)12-21(29)30/h16-18,22,24-25H,2-15H2,1H3,(H,27,28)(H,29,30)(H,31,32,33). The Kier molecular flexibility index (Phi) is 18.5. The number of ether oxygens (including phenoxy) is 2. The van der Waals surface area contributed by atoms with Crippen LogP contribution in [0.3, 0.4) is 0 Å². The van der Waals surface area contributed by atoms with Crippen LogP contribution in [0.1, 0.15) is 39.0 Å². The molecule has 212 valence electrons. The molecule has 0 amide bonds. The van der Waals surface area contributed by atoms with E-state index in [0.29, 0.717) is 31.1 Å². The number of carbonyl (C=O) groups is 3. The number of aliphatic hydroxyl groups excluding tert-OH is 2. The maximum absolute atomic E-state index is 12.5. The third kappa shape index (κ3) is 19.5. The van der Waals surface area contributed by atoms with Gasteiger partial charge in [0.25, 0.3) is 10.1 Å². The van der Waals surface area contributed by atoms with Crippen molar-refractivity contribution in [2.45, 2.75) is 57.3 Å². The summed E-state index contributed by atoms with van der Waals surface area (Å²) in [5, 5.41) is 40.1. The first-order valence-electron chi connectivity index (χ1n) is 11.7. The quantitative estimate of drug-likeness (QED) is 0.0608. The molecule has 6 N–H and O–H groups in total. The lowest BCUT2D eigenvalue weighted by molar-refractivity contribution is -0.143. The monoisotopic (exact) mass is 544 g/mol. The van der Waals surface area contributed by atoms with Gasteiger partial charge in [-0.05, 0) is 32.2 Å². The van der Waals surface area contributed by atoms with Gasteiger partial charge in [-0.2, -0.15) is 8.42 Å². The van der Waals surface area contributed by atoms with E-state index >= 15 is 0 Å². The van der Waals surface area contributed by atoms with E-state index in [-0.39, 0.29) is 32.5 Å². The molecule has 0 aromatic rings. The summed E-state index contributed by atoms with van der Waals surface area (Å²) in [5.41, 5.74) is 0. The highest BCUT2D eigenvalue weighted by molar-refractivity contribution is 7.85. The Bertz CT molecular complexity index is 733. The number of ketones is 1. The van der Waals surface area contributed by atoms with Crippen molar-refractivity contribution in [2.24, 2.45) is 0 Å². The number of unbranched alkanes of at least 4 members (excludes halogenated alkanes) is 1. The number of aliphatic hydroxyl groups is 2. The van der Waals surface area contributed by atoms with Crippen LogP contribution in [0.5, 0.6) is 0 Å². The van der Waals surface area contributed by atoms with Crippen LogP contribution >= 0.6 is 0 Å². The topological polar surface area (TPSA) is 220 Å². The maximum Gasteiger partial charge on any atom is 0.317 e. The first-order chi connectivity index (χ1) is 16.9. The fourth-order valence-electron chi connectivity index (χ4n) is 3.07. The molecule has 0 aliphatic rings. The third-order valence-electron chi connectivity index (χ3n) is 4.93. The highest BCUT2D eigenvalue weighted by Crippen LogP contribution is 2.09. The first kappa shape index (κ1) is 34.3. The highest BCUT2D eigenvalue weighted by atomic mass is 32.2. The second kappa shape index (κ2) is 19.4. The first-order valence-corrected chi connectivity index (χ1v) is 13.3. The second-order valence-corrected chi connectivity index (χ2v) is 9.80. The van der Waals surface area contributed by atoms with Gasteiger partial charge in [-0.15, -0.1) is 0 Å². The van der Waals surface area contributed by atoms with E-state index in [1.165, 1.54) is 0 Å². The number of Topliss-reactive ketones (excluding diaryl/α,β-unsaturated/α-hetero) is 1. The molecule has 3 unspecified atom stereocenters. The predicted octanol–water partition coefficient (Wildman–Crippen LogP) is -1.40. The molecule has 0 aromatic carbocycles. The largest absolute Gasteiger partial charge is 0.480 e. The molecule has 0 aliphatic heterocycles. The van der Waals surface area contributed by atoms with E-state index in [1.54, 1.807) is 0 Å². The van der Waals surface area contributed by atoms with Crippen molar-refractivity contribution >= 4 is 27.8 Å². The molecule has 0 saturated heterocycles. The molecule has 0 spiro atoms. The van der Waals surface area contributed by atoms with Gasteiger partial charge >= 0.3 is 11.9 Å². The number of nitrogens with zero attached hydrogens (tertiary/aromatic N) is 1. The minimum absolute atomic E-state index is 0.0944. The van der Waals surface area contributed by atoms with E-state index in [4.69, 9.17) is 24.2 Å². The van der Waals surface area contributed by atoms with Gasteiger partial charge < -0.3 is 35.2 Å². The van der Waals surface area contributed by atoms with Gasteiger partial charge in [0.2, 0.25) is 0 Å². The Morgan fingerprint density at radius 1 is 0.917 bits per heavy atom. The number of carboxylic acid groups (broad SMARTS) is 2. The number of hydrogen-bond acceptors (Lipinski definition) is 11. The number of carboxylic acids is 2. The molecule has 14 nitrogen and oxygen atoms in total. The lowest BCUT2D eigenvalue weighted by Gasteiger charge is -2.27. The van der Waals surface area contributed by atoms with E-state index < -0.39 is 64.9 Å². The average Bonchev–Trinajstić information content (AvgIpc) is 2.76. The predicted molar refractivity (Wildman–Crippen MR) is 127 cm³/mol. The van der Waals surface area contributed by atoms with E-state index in [2.05, 4.69) is 5.32 Å². The number of rotatable bonds is 24. The normalized spacial score (nSPS) is 14.5. The molecule has 0 aliphatic carbocycles. The molecule has 3 atom stereocenters. The summed E-state index contributed by atoms with van der Waals surface area (Å²) in [6.07, 6.45) is 0.873. The summed E-state index contributed by atoms with van der Waals surface area (Å²) in [6, 6.07) is -1.63. The number of carbonyl (C=O) groups excluding carboxylic acids is 1. The zero-order valence-electron chi connectivity index (χ0n) is 20.6. The van der Waals surface area contributed by atoms with Crippen LogP contribution in [0.2, 0.25) is 0 Å². The molecule has 36 heavy (non-hydrogen) atoms. The van der Waals surface area contributed by atoms with Crippen LogP contribution in [0.25, 0.3) is 0 Å². The van der Waals surface area contributed by atoms with Crippen molar-refractivity contribution < 1.29 is 57.3 Å². The summed E-state index contributed by atoms with van der Waals surface area (Å²) < 4.78 is 42.4. The minimum Gasteiger partial charge on any atom is -0.480 e. The van der Waals surface area contributed by atoms with Crippen molar-refractivity contribution in [3.63, 3.8) is 0 Å². The minimum atomic E-state index is -4.68. The molecular formula is C21H40N2O12S. The van der Waals surface area contributed by atoms with Gasteiger partial charge in [-0.25, -0.2) is 0 Å². The Balaban J connectivity index is 4.27. The lowest BCUT2D eigenvalue weighted by atomic mass is 10.1. The van der Waals surface area contributed by atoms with Crippen LogP contribution in [-0.2, 0) is 34.0 Å². The van der Waals surface area contributed by atoms with Gasteiger partial charge in [0.15, 0.2) is 5.78 Å². The van der Waals surface area contributed by atoms with Crippen LogP contribution in [0.15, 0.2) is 0 Å². The third-order valence-corrected chi connectivity index (χ3v) is 5.67. The van der Waals surface area contributed by atoms with E-state index in [1.807, 2.05) is 6.92 Å². The summed E-state index contributed by atoms with van der Waals surface area (Å²) in [6.45, 7) is 1.87. The van der Waals surface area contributed by atoms with Gasteiger partial charge in [-0.3, -0.25) is 23.8 Å². The van der Waals surface area contributed by atoms with Crippen molar-refractivity contribution in [2.75, 3.05) is 58.4 Å². The Morgan fingerprint density at radius 3 is 1.92 bits per heavy atom. The van der Waals surface area contributed by atoms with E-state index in [0.717, 1.165) is 12.8 Å². The van der Waals surface area contributed by atoms with Gasteiger partial charge in [0.1, 0.15) is 0 Å². The smallest absolute Gasteiger partial charge is 0.317 e. The molecule has 0 fully saturated rings. The zero-order chi connectivity index (χ0) is 27.6. The van der Waals surface area contributed by atoms with Crippen molar-refractivity contribution in [3.8, 4) is 0 Å². The number of aliphatic carboxylic acids is 2. The summed E-state index contributed by atoms with van der Waals surface area (Å²) in [5.74, 6) is -4.76. The molecular weight excluding hydrogens is 504 g/mol. The molecule has 0 heterocycles. The van der Waals surface area contributed by atoms with Gasteiger partial charge in [0.05, 0.1) is 50.3 Å². The zero-order valence-corrected chi connectivity index (χ0v) is 21.4. The van der Waals surface area contributed by atoms with Crippen LogP contribution in [0, 0.1) is 0 Å². The molecule has 0 radical (unpaired) electrons. The SMILES string of the molecule is CCC(O)COCCCCOCC(O)CNCCCC(=O)C(CS(=O)(=O)O)N(CC(=O)O)CC(=O)O. The fourth-order valence-corrected chi connectivity index (χ4v) is 3.87. The Morgan fingerprint density at radius 2 is 1.44 bits per heavy atom. The van der Waals surface area contributed by atoms with Crippen LogP contribution < -0.4 is 5.32 Å². The molecule has 0 bridgehead atoms. The fraction of sp³-hybridized carbons (Fsp3) is 0.857. The second-order valence-electron chi connectivity index (χ2n) is 8.30. The molecule has 15 heteroatoms. The highest BCUT2D eigenvalue weighted by Gasteiger charge is 2.32. The van der Waals surface area contributed by atoms with E-state index in [9.17, 15) is 33.0 Å². The summed E-state index contributed by atoms with van der Waals surface area (Å²) in [4.78, 5) is 35.2. The summed E-state index contributed by atoms with van der Waals surface area (Å²) >= 11 is 0. The number of hydrogen-bond donors (Lipinski definition) is 6. The van der Waals surface area contributed by atoms with Crippen molar-refractivity contribution in [1.82, 2.24) is 10.2 Å². The number of nitrogens with one attached hydrogen (secondary N) is 1. The maximum atomic E-state index is 12.5. The van der Waals surface area contributed by atoms with Crippen molar-refractivity contribution in [1.29, 1.82) is 0 Å². The molecule has 0 rings (SSSR count). The molecule has 0 saturated carbocycles. The molecule has 0 aromatic heterocycles. The van der Waals surface area contributed by atoms with Gasteiger partial charge in [-0.1, -0.05) is 6.92 Å². The Hall–Kier alpha value is -1.72. The van der Waals surface area contributed by atoms with Crippen molar-refractivity contribution in [3.05, 3.63) is 0 Å². The van der Waals surface area contributed by atoms with Crippen LogP contribution in [0.4, 0.5) is 0 Å².